The third-order valence-electron chi connectivity index (χ3n) is 4.15. The first-order valence-corrected chi connectivity index (χ1v) is 7.34. The van der Waals surface area contributed by atoms with Crippen molar-refractivity contribution in [3.8, 4) is 11.5 Å². The molecule has 0 saturated carbocycles. The molecule has 116 valence electrons. The molecule has 2 N–H and O–H groups in total. The number of nitrogens with two attached hydrogens (primary N) is 1. The summed E-state index contributed by atoms with van der Waals surface area (Å²) in [6, 6.07) is 5.45. The summed E-state index contributed by atoms with van der Waals surface area (Å²) in [5, 5.41) is 0. The number of hydrogen-bond acceptors (Lipinski definition) is 4. The molecule has 0 spiro atoms. The molecule has 1 aromatic carbocycles. The van der Waals surface area contributed by atoms with Crippen molar-refractivity contribution in [3.63, 3.8) is 0 Å². The lowest BCUT2D eigenvalue weighted by Crippen LogP contribution is -2.49. The number of rotatable bonds is 4. The summed E-state index contributed by atoms with van der Waals surface area (Å²) in [5.74, 6) is 1.61. The van der Waals surface area contributed by atoms with E-state index < -0.39 is 0 Å². The lowest BCUT2D eigenvalue weighted by molar-refractivity contribution is 0.0567. The highest BCUT2D eigenvalue weighted by molar-refractivity contribution is 6.00. The lowest BCUT2D eigenvalue weighted by Gasteiger charge is -2.38. The van der Waals surface area contributed by atoms with Crippen molar-refractivity contribution >= 4 is 5.91 Å². The predicted octanol–water partition coefficient (Wildman–Crippen LogP) is 1.90. The van der Waals surface area contributed by atoms with E-state index in [-0.39, 0.29) is 11.9 Å². The Labute approximate surface area is 126 Å². The Morgan fingerprint density at radius 2 is 1.95 bits per heavy atom. The van der Waals surface area contributed by atoms with E-state index in [0.29, 0.717) is 29.5 Å². The van der Waals surface area contributed by atoms with Crippen LogP contribution in [0.15, 0.2) is 18.2 Å². The lowest BCUT2D eigenvalue weighted by atomic mass is 9.91. The summed E-state index contributed by atoms with van der Waals surface area (Å²) in [6.45, 7) is 3.41. The van der Waals surface area contributed by atoms with Gasteiger partial charge in [-0.15, -0.1) is 0 Å². The molecule has 2 atom stereocenters. The maximum atomic E-state index is 12.9. The zero-order valence-electron chi connectivity index (χ0n) is 13.0. The van der Waals surface area contributed by atoms with E-state index in [9.17, 15) is 4.79 Å². The Morgan fingerprint density at radius 3 is 2.48 bits per heavy atom. The third kappa shape index (κ3) is 3.13. The smallest absolute Gasteiger partial charge is 0.261 e. The number of nitrogens with zero attached hydrogens (tertiary/aromatic N) is 1. The number of methoxy groups -OCH3 is 2. The van der Waals surface area contributed by atoms with Gasteiger partial charge in [0.25, 0.3) is 5.91 Å². The van der Waals surface area contributed by atoms with Gasteiger partial charge >= 0.3 is 0 Å². The number of likely N-dealkylation sites (tertiary alicyclic amines) is 1. The van der Waals surface area contributed by atoms with Gasteiger partial charge in [-0.05, 0) is 30.9 Å². The molecule has 1 aliphatic heterocycles. The Hall–Kier alpha value is -1.75. The summed E-state index contributed by atoms with van der Waals surface area (Å²) in [5.41, 5.74) is 6.34. The Balaban J connectivity index is 2.35. The minimum absolute atomic E-state index is 0.0633. The molecule has 21 heavy (non-hydrogen) atoms. The molecule has 0 aromatic heterocycles. The highest BCUT2D eigenvalue weighted by Gasteiger charge is 2.32. The average molecular weight is 292 g/mol. The number of hydrogen-bond donors (Lipinski definition) is 1. The van der Waals surface area contributed by atoms with Crippen molar-refractivity contribution in [1.82, 2.24) is 4.90 Å². The monoisotopic (exact) mass is 292 g/mol. The van der Waals surface area contributed by atoms with E-state index in [1.54, 1.807) is 26.4 Å². The van der Waals surface area contributed by atoms with E-state index in [1.165, 1.54) is 0 Å². The van der Waals surface area contributed by atoms with Crippen molar-refractivity contribution in [2.24, 2.45) is 11.7 Å². The first kappa shape index (κ1) is 15.6. The SMILES string of the molecule is COc1cccc(OC)c1C(=O)N1CCC(C)CC1CN. The van der Waals surface area contributed by atoms with Crippen LogP contribution in [0.2, 0.25) is 0 Å². The van der Waals surface area contributed by atoms with Crippen LogP contribution in [0.5, 0.6) is 11.5 Å². The van der Waals surface area contributed by atoms with E-state index >= 15 is 0 Å². The summed E-state index contributed by atoms with van der Waals surface area (Å²) < 4.78 is 10.7. The number of ether oxygens (including phenoxy) is 2. The van der Waals surface area contributed by atoms with Crippen molar-refractivity contribution in [2.45, 2.75) is 25.8 Å². The number of amides is 1. The second-order valence-electron chi connectivity index (χ2n) is 5.56. The molecule has 2 rings (SSSR count). The minimum atomic E-state index is -0.0633. The molecule has 1 fully saturated rings. The van der Waals surface area contributed by atoms with Gasteiger partial charge in [0, 0.05) is 19.1 Å². The van der Waals surface area contributed by atoms with Crippen LogP contribution in [0.3, 0.4) is 0 Å². The molecular formula is C16H24N2O3. The minimum Gasteiger partial charge on any atom is -0.496 e. The molecular weight excluding hydrogens is 268 g/mol. The molecule has 0 aliphatic carbocycles. The van der Waals surface area contributed by atoms with Gasteiger partial charge in [0.2, 0.25) is 0 Å². The average Bonchev–Trinajstić information content (AvgIpc) is 2.53. The van der Waals surface area contributed by atoms with Crippen LogP contribution in [-0.2, 0) is 0 Å². The van der Waals surface area contributed by atoms with Gasteiger partial charge < -0.3 is 20.1 Å². The fourth-order valence-electron chi connectivity index (χ4n) is 2.95. The van der Waals surface area contributed by atoms with Crippen LogP contribution in [-0.4, -0.2) is 44.2 Å². The fourth-order valence-corrected chi connectivity index (χ4v) is 2.95. The summed E-state index contributed by atoms with van der Waals surface area (Å²) in [4.78, 5) is 14.8. The van der Waals surface area contributed by atoms with Crippen LogP contribution in [0.4, 0.5) is 0 Å². The van der Waals surface area contributed by atoms with Crippen LogP contribution in [0.1, 0.15) is 30.1 Å². The first-order valence-electron chi connectivity index (χ1n) is 7.34. The fraction of sp³-hybridized carbons (Fsp3) is 0.562. The standard InChI is InChI=1S/C16H24N2O3/c1-11-7-8-18(12(9-11)10-17)16(19)15-13(20-2)5-4-6-14(15)21-3/h4-6,11-12H,7-10,17H2,1-3H3. The van der Waals surface area contributed by atoms with Gasteiger partial charge in [-0.25, -0.2) is 0 Å². The van der Waals surface area contributed by atoms with Gasteiger partial charge in [0.05, 0.1) is 14.2 Å². The van der Waals surface area contributed by atoms with Crippen molar-refractivity contribution in [3.05, 3.63) is 23.8 Å². The topological polar surface area (TPSA) is 64.8 Å². The molecule has 5 heteroatoms. The van der Waals surface area contributed by atoms with E-state index in [1.807, 2.05) is 11.0 Å². The maximum Gasteiger partial charge on any atom is 0.261 e. The largest absolute Gasteiger partial charge is 0.496 e. The second-order valence-corrected chi connectivity index (χ2v) is 5.56. The van der Waals surface area contributed by atoms with E-state index in [4.69, 9.17) is 15.2 Å². The summed E-state index contributed by atoms with van der Waals surface area (Å²) >= 11 is 0. The van der Waals surface area contributed by atoms with Crippen LogP contribution in [0.25, 0.3) is 0 Å². The molecule has 0 radical (unpaired) electrons. The van der Waals surface area contributed by atoms with Crippen molar-refractivity contribution in [1.29, 1.82) is 0 Å². The Morgan fingerprint density at radius 1 is 1.33 bits per heavy atom. The number of benzene rings is 1. The van der Waals surface area contributed by atoms with Gasteiger partial charge in [-0.2, -0.15) is 0 Å². The van der Waals surface area contributed by atoms with Crippen LogP contribution < -0.4 is 15.2 Å². The van der Waals surface area contributed by atoms with E-state index in [2.05, 4.69) is 6.92 Å². The van der Waals surface area contributed by atoms with Crippen molar-refractivity contribution < 1.29 is 14.3 Å². The quantitative estimate of drug-likeness (QED) is 0.920. The first-order chi connectivity index (χ1) is 10.1. The molecule has 2 unspecified atom stereocenters. The van der Waals surface area contributed by atoms with Gasteiger partial charge in [0.15, 0.2) is 0 Å². The highest BCUT2D eigenvalue weighted by atomic mass is 16.5. The van der Waals surface area contributed by atoms with E-state index in [0.717, 1.165) is 19.4 Å². The number of piperidine rings is 1. The van der Waals surface area contributed by atoms with Gasteiger partial charge in [0.1, 0.15) is 17.1 Å². The second kappa shape index (κ2) is 6.80. The Bertz CT molecular complexity index is 482. The molecule has 1 aliphatic rings. The van der Waals surface area contributed by atoms with Crippen molar-refractivity contribution in [2.75, 3.05) is 27.3 Å². The number of carbonyl (C=O) groups is 1. The Kier molecular flexibility index (Phi) is 5.07. The molecule has 5 nitrogen and oxygen atoms in total. The zero-order valence-corrected chi connectivity index (χ0v) is 13.0. The van der Waals surface area contributed by atoms with Gasteiger partial charge in [-0.3, -0.25) is 4.79 Å². The van der Waals surface area contributed by atoms with Crippen LogP contribution in [0, 0.1) is 5.92 Å². The maximum absolute atomic E-state index is 12.9. The van der Waals surface area contributed by atoms with Crippen LogP contribution >= 0.6 is 0 Å². The normalized spacial score (nSPS) is 22.0. The molecule has 1 heterocycles. The summed E-state index contributed by atoms with van der Waals surface area (Å²) in [7, 11) is 3.12. The molecule has 1 amide bonds. The number of carbonyl (C=O) groups excluding carboxylic acids is 1. The summed E-state index contributed by atoms with van der Waals surface area (Å²) in [6.07, 6.45) is 1.94. The zero-order chi connectivity index (χ0) is 15.4. The van der Waals surface area contributed by atoms with Gasteiger partial charge in [-0.1, -0.05) is 13.0 Å². The third-order valence-corrected chi connectivity index (χ3v) is 4.15. The molecule has 0 bridgehead atoms. The highest BCUT2D eigenvalue weighted by Crippen LogP contribution is 2.32. The predicted molar refractivity (Wildman–Crippen MR) is 81.8 cm³/mol. The molecule has 1 saturated heterocycles. The molecule has 1 aromatic rings.